The van der Waals surface area contributed by atoms with Gasteiger partial charge in [0.25, 0.3) is 5.91 Å². The molecule has 3 heterocycles. The van der Waals surface area contributed by atoms with Crippen molar-refractivity contribution in [1.82, 2.24) is 4.98 Å². The van der Waals surface area contributed by atoms with Crippen molar-refractivity contribution < 1.29 is 23.5 Å². The number of nitrogens with zero attached hydrogens (tertiary/aromatic N) is 1. The van der Waals surface area contributed by atoms with E-state index in [1.807, 2.05) is 24.3 Å². The van der Waals surface area contributed by atoms with E-state index in [2.05, 4.69) is 20.9 Å². The van der Waals surface area contributed by atoms with E-state index in [0.29, 0.717) is 16.5 Å². The summed E-state index contributed by atoms with van der Waals surface area (Å²) in [7, 11) is 0. The molecule has 6 rings (SSSR count). The quantitative estimate of drug-likeness (QED) is 0.256. The second-order valence-electron chi connectivity index (χ2n) is 8.23. The third-order valence-corrected chi connectivity index (χ3v) is 6.65. The van der Waals surface area contributed by atoms with Crippen molar-refractivity contribution in [2.45, 2.75) is 6.04 Å². The summed E-state index contributed by atoms with van der Waals surface area (Å²) in [5, 5.41) is 12.4. The molecule has 2 N–H and O–H groups in total. The average Bonchev–Trinajstić information content (AvgIpc) is 3.53. The van der Waals surface area contributed by atoms with Gasteiger partial charge in [-0.1, -0.05) is 40.2 Å². The number of fused-ring (bicyclic) bond motifs is 2. The minimum Gasteiger partial charge on any atom is -0.503 e. The number of carbonyl (C=O) groups is 2. The number of H-pyrrole nitrogens is 1. The molecule has 172 valence electrons. The van der Waals surface area contributed by atoms with Crippen LogP contribution in [0.5, 0.6) is 0 Å². The third-order valence-electron chi connectivity index (χ3n) is 6.16. The van der Waals surface area contributed by atoms with Crippen LogP contribution in [-0.2, 0) is 4.79 Å². The van der Waals surface area contributed by atoms with Gasteiger partial charge in [0.2, 0.25) is 5.78 Å². The third kappa shape index (κ3) is 3.37. The first-order valence-corrected chi connectivity index (χ1v) is 11.5. The Morgan fingerprint density at radius 3 is 2.71 bits per heavy atom. The molecule has 2 aromatic heterocycles. The fraction of sp³-hybridized carbons (Fsp3) is 0.0370. The van der Waals surface area contributed by atoms with Gasteiger partial charge in [-0.25, -0.2) is 4.39 Å². The number of amides is 1. The predicted octanol–water partition coefficient (Wildman–Crippen LogP) is 6.60. The van der Waals surface area contributed by atoms with Crippen molar-refractivity contribution in [2.75, 3.05) is 4.90 Å². The molecule has 0 bridgehead atoms. The highest BCUT2D eigenvalue weighted by molar-refractivity contribution is 9.10. The maximum Gasteiger partial charge on any atom is 0.294 e. The zero-order chi connectivity index (χ0) is 24.3. The van der Waals surface area contributed by atoms with E-state index in [4.69, 9.17) is 4.42 Å². The smallest absolute Gasteiger partial charge is 0.294 e. The Labute approximate surface area is 206 Å². The minimum absolute atomic E-state index is 0.0154. The lowest BCUT2D eigenvalue weighted by Crippen LogP contribution is -2.31. The van der Waals surface area contributed by atoms with Crippen LogP contribution < -0.4 is 4.90 Å². The normalized spacial score (nSPS) is 16.1. The first kappa shape index (κ1) is 21.4. The number of ketones is 1. The lowest BCUT2D eigenvalue weighted by atomic mass is 9.94. The van der Waals surface area contributed by atoms with Crippen LogP contribution >= 0.6 is 15.9 Å². The molecule has 1 amide bonds. The van der Waals surface area contributed by atoms with E-state index < -0.39 is 29.3 Å². The van der Waals surface area contributed by atoms with Crippen molar-refractivity contribution in [3.63, 3.8) is 0 Å². The first-order chi connectivity index (χ1) is 16.9. The number of aliphatic hydroxyl groups excluding tert-OH is 1. The molecule has 1 unspecified atom stereocenters. The van der Waals surface area contributed by atoms with Gasteiger partial charge < -0.3 is 14.5 Å². The number of nitrogens with one attached hydrogen (secondary N) is 1. The SMILES string of the molecule is O=C(C1=C(O)C(=O)N(c2cccc(F)c2)C1c1c[nH]c2ccccc12)c1cc2cc(Br)ccc2o1. The lowest BCUT2D eigenvalue weighted by Gasteiger charge is -2.26. The number of aromatic nitrogens is 1. The van der Waals surface area contributed by atoms with Crippen LogP contribution in [0.15, 0.2) is 99.2 Å². The largest absolute Gasteiger partial charge is 0.503 e. The fourth-order valence-electron chi connectivity index (χ4n) is 4.60. The minimum atomic E-state index is -1.01. The molecule has 35 heavy (non-hydrogen) atoms. The zero-order valence-electron chi connectivity index (χ0n) is 18.0. The lowest BCUT2D eigenvalue weighted by molar-refractivity contribution is -0.117. The molecule has 1 aliphatic rings. The molecule has 0 saturated heterocycles. The van der Waals surface area contributed by atoms with Gasteiger partial charge >= 0.3 is 0 Å². The van der Waals surface area contributed by atoms with Crippen molar-refractivity contribution in [3.8, 4) is 0 Å². The molecule has 6 nitrogen and oxygen atoms in total. The van der Waals surface area contributed by atoms with Gasteiger partial charge in [-0.05, 0) is 48.5 Å². The van der Waals surface area contributed by atoms with E-state index in [0.717, 1.165) is 15.4 Å². The molecular formula is C27H16BrFN2O4. The van der Waals surface area contributed by atoms with Crippen molar-refractivity contribution in [2.24, 2.45) is 0 Å². The maximum atomic E-state index is 14.1. The van der Waals surface area contributed by atoms with Gasteiger partial charge in [-0.3, -0.25) is 14.5 Å². The Hall–Kier alpha value is -4.17. The first-order valence-electron chi connectivity index (χ1n) is 10.7. The molecule has 0 spiro atoms. The zero-order valence-corrected chi connectivity index (χ0v) is 19.5. The van der Waals surface area contributed by atoms with E-state index in [9.17, 15) is 19.1 Å². The molecule has 1 aliphatic heterocycles. The number of furan rings is 1. The van der Waals surface area contributed by atoms with Crippen molar-refractivity contribution in [3.05, 3.63) is 112 Å². The summed E-state index contributed by atoms with van der Waals surface area (Å²) in [5.74, 6) is -2.69. The van der Waals surface area contributed by atoms with Crippen molar-refractivity contribution >= 4 is 55.2 Å². The predicted molar refractivity (Wildman–Crippen MR) is 133 cm³/mol. The van der Waals surface area contributed by atoms with Crippen LogP contribution in [0, 0.1) is 5.82 Å². The molecule has 0 fully saturated rings. The number of halogens is 2. The summed E-state index contributed by atoms with van der Waals surface area (Å²) in [6.45, 7) is 0. The van der Waals surface area contributed by atoms with E-state index in [1.54, 1.807) is 36.5 Å². The van der Waals surface area contributed by atoms with Crippen LogP contribution in [0.1, 0.15) is 22.2 Å². The number of rotatable bonds is 4. The number of Topliss-reactive ketones (excluding diaryl/α,β-unsaturated/α-hetero) is 1. The van der Waals surface area contributed by atoms with Crippen LogP contribution in [0.25, 0.3) is 21.9 Å². The van der Waals surface area contributed by atoms with E-state index in [-0.39, 0.29) is 17.0 Å². The van der Waals surface area contributed by atoms with E-state index >= 15 is 0 Å². The van der Waals surface area contributed by atoms with Crippen LogP contribution in [0.3, 0.4) is 0 Å². The van der Waals surface area contributed by atoms with Gasteiger partial charge in [0, 0.05) is 38.2 Å². The highest BCUT2D eigenvalue weighted by Gasteiger charge is 2.46. The number of benzene rings is 3. The molecule has 0 radical (unpaired) electrons. The number of anilines is 1. The summed E-state index contributed by atoms with van der Waals surface area (Å²) >= 11 is 3.40. The summed E-state index contributed by atoms with van der Waals surface area (Å²) < 4.78 is 20.7. The molecule has 3 aromatic carbocycles. The Balaban J connectivity index is 1.55. The molecule has 8 heteroatoms. The van der Waals surface area contributed by atoms with Crippen LogP contribution in [0.4, 0.5) is 10.1 Å². The number of aromatic amines is 1. The van der Waals surface area contributed by atoms with Crippen molar-refractivity contribution in [1.29, 1.82) is 0 Å². The Morgan fingerprint density at radius 1 is 1.06 bits per heavy atom. The number of para-hydroxylation sites is 1. The summed E-state index contributed by atoms with van der Waals surface area (Å²) in [5.41, 5.74) is 1.95. The Bertz CT molecular complexity index is 1700. The molecule has 0 saturated carbocycles. The summed E-state index contributed by atoms with van der Waals surface area (Å²) in [6, 6.07) is 18.8. The molecule has 0 aliphatic carbocycles. The average molecular weight is 531 g/mol. The maximum absolute atomic E-state index is 14.1. The summed E-state index contributed by atoms with van der Waals surface area (Å²) in [4.78, 5) is 31.5. The summed E-state index contributed by atoms with van der Waals surface area (Å²) in [6.07, 6.45) is 1.69. The fourth-order valence-corrected chi connectivity index (χ4v) is 4.98. The van der Waals surface area contributed by atoms with Gasteiger partial charge in [-0.15, -0.1) is 0 Å². The second-order valence-corrected chi connectivity index (χ2v) is 9.15. The molecule has 5 aromatic rings. The van der Waals surface area contributed by atoms with Gasteiger partial charge in [0.05, 0.1) is 11.6 Å². The highest BCUT2D eigenvalue weighted by Crippen LogP contribution is 2.44. The van der Waals surface area contributed by atoms with Gasteiger partial charge in [0.1, 0.15) is 11.4 Å². The van der Waals surface area contributed by atoms with Gasteiger partial charge in [0.15, 0.2) is 11.5 Å². The Morgan fingerprint density at radius 2 is 1.89 bits per heavy atom. The second kappa shape index (κ2) is 7.95. The van der Waals surface area contributed by atoms with Crippen LogP contribution in [0.2, 0.25) is 0 Å². The van der Waals surface area contributed by atoms with E-state index in [1.165, 1.54) is 23.1 Å². The molecule has 1 atom stereocenters. The molecular weight excluding hydrogens is 515 g/mol. The number of aliphatic hydroxyl groups is 1. The number of hydrogen-bond acceptors (Lipinski definition) is 4. The monoisotopic (exact) mass is 530 g/mol. The highest BCUT2D eigenvalue weighted by atomic mass is 79.9. The van der Waals surface area contributed by atoms with Crippen LogP contribution in [-0.4, -0.2) is 21.8 Å². The number of hydrogen-bond donors (Lipinski definition) is 2. The standard InChI is InChI=1S/C27H16BrFN2O4/c28-15-8-9-21-14(10-15)11-22(35-21)25(32)23-24(19-13-30-20-7-2-1-6-18(19)20)31(27(34)26(23)33)17-5-3-4-16(29)12-17/h1-13,24,30,33H. The topological polar surface area (TPSA) is 86.5 Å². The van der Waals surface area contributed by atoms with Gasteiger partial charge in [-0.2, -0.15) is 0 Å². The number of carbonyl (C=O) groups excluding carboxylic acids is 2. The Kier molecular flexibility index (Phi) is 4.86.